The third-order valence-corrected chi connectivity index (χ3v) is 17.8. The highest BCUT2D eigenvalue weighted by Gasteiger charge is 3.02. The minimum Gasteiger partial charge on any atom is -0.465 e. The van der Waals surface area contributed by atoms with E-state index in [2.05, 4.69) is 28.4 Å². The van der Waals surface area contributed by atoms with Gasteiger partial charge in [0.15, 0.2) is 26.4 Å². The fourth-order valence-corrected chi connectivity index (χ4v) is 10.2. The van der Waals surface area contributed by atoms with Crippen LogP contribution in [-0.2, 0) is 90.3 Å². The Hall–Kier alpha value is -5.98. The summed E-state index contributed by atoms with van der Waals surface area (Å²) < 4.78 is 635. The molecule has 0 saturated carbocycles. The van der Waals surface area contributed by atoms with Crippen LogP contribution in [0.25, 0.3) is 0 Å². The molecule has 55 heteroatoms. The smallest absolute Gasteiger partial charge is 0.427 e. The minimum atomic E-state index is -11.1. The fraction of sp³-hybridized carbons (Fsp3) is 0.906. The second-order valence-electron chi connectivity index (χ2n) is 25.9. The monoisotopic (exact) mass is 1840 g/mol. The molecule has 0 aromatic carbocycles. The maximum absolute atomic E-state index is 18.1. The van der Waals surface area contributed by atoms with E-state index in [1.165, 1.54) is 4.74 Å². The lowest BCUT2D eigenvalue weighted by molar-refractivity contribution is -0.644. The van der Waals surface area contributed by atoms with Crippen molar-refractivity contribution in [1.82, 2.24) is 0 Å². The fourth-order valence-electron chi connectivity index (χ4n) is 10.2. The number of hydrogen-bond donors (Lipinski definition) is 0. The van der Waals surface area contributed by atoms with Crippen LogP contribution in [0, 0.1) is 46.3 Å². The molecule has 0 aliphatic heterocycles. The first-order valence-corrected chi connectivity index (χ1v) is 35.1. The molecule has 0 atom stereocenters. The topological polar surface area (TPSA) is 222 Å². The molecular formula is C64H82F36O19. The van der Waals surface area contributed by atoms with Crippen molar-refractivity contribution in [3.63, 3.8) is 0 Å². The molecule has 19 nitrogen and oxygen atoms in total. The number of alkyl halides is 36. The van der Waals surface area contributed by atoms with Crippen LogP contribution in [0.4, 0.5) is 158 Å². The lowest BCUT2D eigenvalue weighted by atomic mass is 9.78. The van der Waals surface area contributed by atoms with Gasteiger partial charge in [0.25, 0.3) is 0 Å². The average molecular weight is 1840 g/mol. The van der Waals surface area contributed by atoms with Crippen LogP contribution in [0.5, 0.6) is 0 Å². The molecular weight excluding hydrogens is 1760 g/mol. The van der Waals surface area contributed by atoms with Gasteiger partial charge in [-0.2, -0.15) is 158 Å². The van der Waals surface area contributed by atoms with Crippen LogP contribution in [0.1, 0.15) is 173 Å². The van der Waals surface area contributed by atoms with Gasteiger partial charge in [0.1, 0.15) is 0 Å². The molecule has 0 aromatic heterocycles. The van der Waals surface area contributed by atoms with Gasteiger partial charge in [-0.3, -0.25) is 43.0 Å². The predicted molar refractivity (Wildman–Crippen MR) is 321 cm³/mol. The van der Waals surface area contributed by atoms with Crippen LogP contribution in [-0.4, -0.2) is 185 Å². The first-order valence-electron chi connectivity index (χ1n) is 35.1. The molecule has 0 unspecified atom stereocenters. The highest BCUT2D eigenvalue weighted by Crippen LogP contribution is 2.74. The van der Waals surface area contributed by atoms with Gasteiger partial charge in [0.05, 0.1) is 61.6 Å². The third kappa shape index (κ3) is 25.6. The van der Waals surface area contributed by atoms with Gasteiger partial charge in [0.2, 0.25) is 0 Å². The zero-order valence-electron chi connectivity index (χ0n) is 64.0. The van der Waals surface area contributed by atoms with Crippen LogP contribution in [0.3, 0.4) is 0 Å². The van der Waals surface area contributed by atoms with Gasteiger partial charge in [-0.15, -0.1) is 0 Å². The van der Waals surface area contributed by atoms with E-state index in [1.807, 2.05) is 9.47 Å². The number of esters is 6. The van der Waals surface area contributed by atoms with Crippen molar-refractivity contribution in [3.05, 3.63) is 0 Å². The zero-order valence-corrected chi connectivity index (χ0v) is 64.0. The number of hydrogen-bond acceptors (Lipinski definition) is 19. The van der Waals surface area contributed by atoms with Crippen LogP contribution in [0.2, 0.25) is 0 Å². The van der Waals surface area contributed by atoms with Crippen molar-refractivity contribution in [2.45, 2.75) is 282 Å². The summed E-state index contributed by atoms with van der Waals surface area (Å²) in [7, 11) is 0. The van der Waals surface area contributed by atoms with Gasteiger partial charge >= 0.3 is 156 Å². The van der Waals surface area contributed by atoms with Crippen molar-refractivity contribution in [1.29, 1.82) is 0 Å². The van der Waals surface area contributed by atoms with Crippen molar-refractivity contribution >= 4 is 35.8 Å². The Morgan fingerprint density at radius 2 is 0.319 bits per heavy atom. The molecule has 704 valence electrons. The molecule has 0 rings (SSSR count). The van der Waals surface area contributed by atoms with E-state index in [9.17, 15) is 28.8 Å². The molecule has 0 saturated heterocycles. The summed E-state index contributed by atoms with van der Waals surface area (Å²) in [6, 6.07) is 0. The van der Waals surface area contributed by atoms with Crippen LogP contribution in [0.15, 0.2) is 0 Å². The standard InChI is InChI=1S/C64H82F36O19/c1-13-33(14-2)39(101)107-27-25-49(73,74)113-57(85,86)51(59(89,90)115-53(77,78)45(65,66)29-109-41(103)35(17-5)18-6,60(91,92)116-54(79,80)46(67,68)30-110-42(104)36(19-7)20-8)63(97,98)119-64(99,100)52(58(87,88)114-50(75,76)26-28-108-40(102)34(15-3)16-4,61(93,94)117-55(81,82)47(69,70)31-111-43(105)37(21-9)22-10)62(95,96)118-56(83,84)48(71,72)32-112-44(106)38(23-11)24-12/h33-38H,13-32H2,1-12H3. The number of carbonyl (C=O) groups is 6. The summed E-state index contributed by atoms with van der Waals surface area (Å²) in [5.41, 5.74) is -22.1. The number of ether oxygens (including phenoxy) is 13. The highest BCUT2D eigenvalue weighted by atomic mass is 19.4. The molecule has 0 heterocycles. The van der Waals surface area contributed by atoms with Crippen molar-refractivity contribution in [2.24, 2.45) is 46.3 Å². The molecule has 0 spiro atoms. The van der Waals surface area contributed by atoms with Crippen molar-refractivity contribution < 1.29 is 248 Å². The van der Waals surface area contributed by atoms with E-state index in [0.717, 1.165) is 83.1 Å². The second kappa shape index (κ2) is 41.2. The highest BCUT2D eigenvalue weighted by molar-refractivity contribution is 5.74. The zero-order chi connectivity index (χ0) is 94.3. The first-order chi connectivity index (χ1) is 53.4. The summed E-state index contributed by atoms with van der Waals surface area (Å²) in [5, 5.41) is 0. The Kier molecular flexibility index (Phi) is 39.1. The largest absolute Gasteiger partial charge is 0.465 e. The minimum absolute atomic E-state index is 0.538. The SMILES string of the molecule is CCC(CC)C(=O)OCCC(F)(F)OC(F)(F)C(C(F)(F)OC(F)(F)C(F)(F)COC(=O)C(CC)CC)(C(F)(F)OC(F)(F)C(F)(F)COC(=O)C(CC)CC)C(F)(F)OC(F)(F)C(C(F)(F)OC(F)(F)CCOC(=O)C(CC)CC)(C(F)(F)OC(F)(F)C(F)(F)COC(=O)C(CC)CC)C(F)(F)OC(F)(F)C(F)(F)COC(=O)C(CC)CC. The van der Waals surface area contributed by atoms with Gasteiger partial charge in [-0.05, 0) is 77.0 Å². The Morgan fingerprint density at radius 1 is 0.193 bits per heavy atom. The van der Waals surface area contributed by atoms with Crippen molar-refractivity contribution in [2.75, 3.05) is 39.6 Å². The van der Waals surface area contributed by atoms with E-state index in [4.69, 9.17) is 0 Å². The number of rotatable bonds is 58. The van der Waals surface area contributed by atoms with Crippen LogP contribution < -0.4 is 0 Å². The van der Waals surface area contributed by atoms with E-state index in [-0.39, 0.29) is 0 Å². The van der Waals surface area contributed by atoms with E-state index in [0.29, 0.717) is 0 Å². The van der Waals surface area contributed by atoms with E-state index >= 15 is 158 Å². The molecule has 0 aromatic rings. The third-order valence-electron chi connectivity index (χ3n) is 17.8. The summed E-state index contributed by atoms with van der Waals surface area (Å²) in [4.78, 5) is 74.7. The molecule has 119 heavy (non-hydrogen) atoms. The molecule has 0 fully saturated rings. The molecule has 0 amide bonds. The van der Waals surface area contributed by atoms with Gasteiger partial charge in [-0.25, -0.2) is 18.9 Å². The Bertz CT molecular complexity index is 2890. The van der Waals surface area contributed by atoms with E-state index in [1.54, 1.807) is 18.9 Å². The maximum atomic E-state index is 18.1. The summed E-state index contributed by atoms with van der Waals surface area (Å²) >= 11 is 0. The summed E-state index contributed by atoms with van der Waals surface area (Å²) in [6.07, 6.45) is -149. The molecule has 0 radical (unpaired) electrons. The van der Waals surface area contributed by atoms with E-state index < -0.39 is 321 Å². The maximum Gasteiger partial charge on any atom is 0.427 e. The molecule has 0 N–H and O–H groups in total. The Balaban J connectivity index is 11.5. The number of halogens is 36. The molecule has 0 bridgehead atoms. The van der Waals surface area contributed by atoms with Gasteiger partial charge in [0, 0.05) is 0 Å². The van der Waals surface area contributed by atoms with Gasteiger partial charge < -0.3 is 28.4 Å². The van der Waals surface area contributed by atoms with Gasteiger partial charge in [-0.1, -0.05) is 83.1 Å². The molecule has 0 aliphatic carbocycles. The Morgan fingerprint density at radius 3 is 0.462 bits per heavy atom. The normalized spacial score (nSPS) is 14.8. The van der Waals surface area contributed by atoms with Crippen LogP contribution >= 0.6 is 0 Å². The number of carbonyl (C=O) groups excluding carboxylic acids is 6. The molecule has 0 aliphatic rings. The van der Waals surface area contributed by atoms with Crippen molar-refractivity contribution in [3.8, 4) is 0 Å². The second-order valence-corrected chi connectivity index (χ2v) is 25.9. The summed E-state index contributed by atoms with van der Waals surface area (Å²) in [5.74, 6) is -55.2. The predicted octanol–water partition coefficient (Wildman–Crippen LogP) is 20.6. The average Bonchev–Trinajstić information content (AvgIpc) is 0.663. The quantitative estimate of drug-likeness (QED) is 0.0314. The lowest BCUT2D eigenvalue weighted by Crippen LogP contribution is -2.81. The summed E-state index contributed by atoms with van der Waals surface area (Å²) in [6.45, 7) is -10.5. The lowest BCUT2D eigenvalue weighted by Gasteiger charge is -2.53. The Labute approximate surface area is 651 Å². The first kappa shape index (κ1) is 113.